The molecule has 6 nitrogen and oxygen atoms in total. The molecule has 1 amide bonds. The minimum Gasteiger partial charge on any atom is -0.480 e. The highest BCUT2D eigenvalue weighted by Crippen LogP contribution is 2.23. The van der Waals surface area contributed by atoms with Gasteiger partial charge in [0.1, 0.15) is 11.9 Å². The molecule has 0 bridgehead atoms. The Kier molecular flexibility index (Phi) is 6.05. The van der Waals surface area contributed by atoms with E-state index >= 15 is 0 Å². The molecule has 2 aromatic rings. The van der Waals surface area contributed by atoms with Gasteiger partial charge in [0.25, 0.3) is 5.91 Å². The van der Waals surface area contributed by atoms with E-state index < -0.39 is 30.9 Å². The second kappa shape index (κ2) is 8.35. The molecule has 152 valence electrons. The molecule has 29 heavy (non-hydrogen) atoms. The van der Waals surface area contributed by atoms with Gasteiger partial charge in [-0.3, -0.25) is 4.79 Å². The largest absolute Gasteiger partial charge is 0.492 e. The highest BCUT2D eigenvalue weighted by Gasteiger charge is 2.36. The van der Waals surface area contributed by atoms with Crippen LogP contribution in [0.5, 0.6) is 0 Å². The number of carbonyl (C=O) groups excluding carboxylic acids is 1. The zero-order chi connectivity index (χ0) is 21.3. The Labute approximate surface area is 169 Å². The zero-order valence-corrected chi connectivity index (χ0v) is 16.6. The number of benzene rings is 2. The number of carbonyl (C=O) groups is 2. The molecule has 0 radical (unpaired) electrons. The van der Waals surface area contributed by atoms with Crippen LogP contribution >= 0.6 is 0 Å². The van der Waals surface area contributed by atoms with Gasteiger partial charge in [-0.25, -0.2) is 9.18 Å². The minimum absolute atomic E-state index is 0.0177. The van der Waals surface area contributed by atoms with Gasteiger partial charge in [-0.15, -0.1) is 0 Å². The lowest BCUT2D eigenvalue weighted by atomic mass is 9.75. The van der Waals surface area contributed by atoms with Crippen molar-refractivity contribution in [1.82, 2.24) is 4.90 Å². The smallest absolute Gasteiger partial charge is 0.480 e. The Morgan fingerprint density at radius 1 is 1.21 bits per heavy atom. The summed E-state index contributed by atoms with van der Waals surface area (Å²) in [5.41, 5.74) is 2.84. The molecule has 3 rings (SSSR count). The number of amides is 1. The summed E-state index contributed by atoms with van der Waals surface area (Å²) in [4.78, 5) is 26.7. The van der Waals surface area contributed by atoms with Crippen molar-refractivity contribution in [3.63, 3.8) is 0 Å². The highest BCUT2D eigenvalue weighted by molar-refractivity contribution is 6.62. The van der Waals surface area contributed by atoms with E-state index in [1.807, 2.05) is 0 Å². The molecule has 0 aliphatic carbocycles. The first-order valence-electron chi connectivity index (χ1n) is 9.41. The fourth-order valence-corrected chi connectivity index (χ4v) is 3.75. The van der Waals surface area contributed by atoms with Gasteiger partial charge in [-0.1, -0.05) is 32.0 Å². The third kappa shape index (κ3) is 4.18. The topological polar surface area (TPSA) is 87.1 Å². The fraction of sp³-hybridized carbons (Fsp3) is 0.333. The van der Waals surface area contributed by atoms with Crippen molar-refractivity contribution in [3.8, 4) is 0 Å². The summed E-state index contributed by atoms with van der Waals surface area (Å²) in [7, 11) is -1.11. The van der Waals surface area contributed by atoms with Crippen molar-refractivity contribution >= 4 is 24.5 Å². The highest BCUT2D eigenvalue weighted by atomic mass is 19.1. The summed E-state index contributed by atoms with van der Waals surface area (Å²) < 4.78 is 18.5. The van der Waals surface area contributed by atoms with E-state index in [-0.39, 0.29) is 19.1 Å². The van der Waals surface area contributed by atoms with Crippen LogP contribution in [0.4, 0.5) is 4.39 Å². The number of halogens is 1. The molecular formula is C21H23BFNO5. The first-order valence-corrected chi connectivity index (χ1v) is 9.41. The molecular weight excluding hydrogens is 376 g/mol. The van der Waals surface area contributed by atoms with Gasteiger partial charge in [0.05, 0.1) is 6.61 Å². The van der Waals surface area contributed by atoms with E-state index in [4.69, 9.17) is 4.65 Å². The Bertz CT molecular complexity index is 931. The Hall–Kier alpha value is -2.71. The molecule has 0 saturated heterocycles. The summed E-state index contributed by atoms with van der Waals surface area (Å²) in [6.45, 7) is 5.46. The molecule has 1 atom stereocenters. The number of nitrogens with zero attached hydrogens (tertiary/aromatic N) is 1. The Balaban J connectivity index is 2.03. The molecule has 2 aromatic carbocycles. The number of carboxylic acids is 1. The maximum Gasteiger partial charge on any atom is 0.492 e. The number of fused-ring (bicyclic) bond motifs is 1. The standard InChI is InChI=1S/C21H23BFNO5/c1-12(2)19(21(26)27)24(10-14-4-7-16(23)8-5-14)20(25)17-9-6-15-11-29-22(28)18(15)13(17)3/h4-9,12,19,28H,10-11H2,1-3H3,(H,26,27)/t19-/m1/s1. The lowest BCUT2D eigenvalue weighted by molar-refractivity contribution is -0.144. The van der Waals surface area contributed by atoms with E-state index in [1.54, 1.807) is 32.9 Å². The quantitative estimate of drug-likeness (QED) is 0.727. The van der Waals surface area contributed by atoms with Crippen molar-refractivity contribution < 1.29 is 28.8 Å². The third-order valence-corrected chi connectivity index (χ3v) is 5.23. The molecule has 0 fully saturated rings. The van der Waals surface area contributed by atoms with Crippen molar-refractivity contribution in [2.24, 2.45) is 5.92 Å². The van der Waals surface area contributed by atoms with Crippen LogP contribution in [-0.4, -0.2) is 40.1 Å². The Morgan fingerprint density at radius 3 is 2.45 bits per heavy atom. The SMILES string of the molecule is Cc1c(C(=O)N(Cc2ccc(F)cc2)[C@@H](C(=O)O)C(C)C)ccc2c1B(O)OC2. The maximum atomic E-state index is 13.5. The van der Waals surface area contributed by atoms with Crippen molar-refractivity contribution in [3.05, 3.63) is 64.5 Å². The lowest BCUT2D eigenvalue weighted by Gasteiger charge is -2.32. The third-order valence-electron chi connectivity index (χ3n) is 5.23. The molecule has 0 unspecified atom stereocenters. The number of hydrogen-bond donors (Lipinski definition) is 2. The van der Waals surface area contributed by atoms with Gasteiger partial charge in [0.2, 0.25) is 0 Å². The van der Waals surface area contributed by atoms with Crippen molar-refractivity contribution in [2.45, 2.75) is 40.0 Å². The average Bonchev–Trinajstić information content (AvgIpc) is 3.04. The van der Waals surface area contributed by atoms with Gasteiger partial charge in [-0.05, 0) is 53.2 Å². The van der Waals surface area contributed by atoms with Gasteiger partial charge < -0.3 is 19.7 Å². The van der Waals surface area contributed by atoms with Crippen molar-refractivity contribution in [1.29, 1.82) is 0 Å². The summed E-state index contributed by atoms with van der Waals surface area (Å²) in [5, 5.41) is 19.9. The predicted octanol–water partition coefficient (Wildman–Crippen LogP) is 2.10. The van der Waals surface area contributed by atoms with Crippen LogP contribution in [0.1, 0.15) is 40.9 Å². The van der Waals surface area contributed by atoms with E-state index in [2.05, 4.69) is 0 Å². The lowest BCUT2D eigenvalue weighted by Crippen LogP contribution is -2.48. The van der Waals surface area contributed by atoms with Gasteiger partial charge in [0, 0.05) is 12.1 Å². The van der Waals surface area contributed by atoms with E-state index in [0.29, 0.717) is 22.2 Å². The van der Waals surface area contributed by atoms with E-state index in [1.165, 1.54) is 29.2 Å². The summed E-state index contributed by atoms with van der Waals surface area (Å²) in [6, 6.07) is 7.89. The second-order valence-electron chi connectivity index (χ2n) is 7.56. The summed E-state index contributed by atoms with van der Waals surface area (Å²) >= 11 is 0. The monoisotopic (exact) mass is 399 g/mol. The summed E-state index contributed by atoms with van der Waals surface area (Å²) in [6.07, 6.45) is 0. The number of hydrogen-bond acceptors (Lipinski definition) is 4. The number of carboxylic acid groups (broad SMARTS) is 1. The molecule has 8 heteroatoms. The van der Waals surface area contributed by atoms with Gasteiger partial charge in [-0.2, -0.15) is 0 Å². The molecule has 0 saturated carbocycles. The first-order chi connectivity index (χ1) is 13.7. The molecule has 1 heterocycles. The summed E-state index contributed by atoms with van der Waals surface area (Å²) in [5.74, 6) is -2.33. The fourth-order valence-electron chi connectivity index (χ4n) is 3.75. The minimum atomic E-state index is -1.11. The van der Waals surface area contributed by atoms with Crippen LogP contribution in [0.25, 0.3) is 0 Å². The zero-order valence-electron chi connectivity index (χ0n) is 16.6. The van der Waals surface area contributed by atoms with Crippen LogP contribution in [0.2, 0.25) is 0 Å². The van der Waals surface area contributed by atoms with Gasteiger partial charge in [0.15, 0.2) is 0 Å². The normalized spacial score (nSPS) is 14.1. The van der Waals surface area contributed by atoms with Crippen LogP contribution in [0.15, 0.2) is 36.4 Å². The molecule has 0 aromatic heterocycles. The molecule has 2 N–H and O–H groups in total. The van der Waals surface area contributed by atoms with E-state index in [0.717, 1.165) is 5.56 Å². The Morgan fingerprint density at radius 2 is 1.86 bits per heavy atom. The van der Waals surface area contributed by atoms with E-state index in [9.17, 15) is 24.1 Å². The van der Waals surface area contributed by atoms with Crippen LogP contribution < -0.4 is 5.46 Å². The molecule has 1 aliphatic heterocycles. The maximum absolute atomic E-state index is 13.5. The number of aliphatic carboxylic acids is 1. The number of rotatable bonds is 6. The molecule has 0 spiro atoms. The van der Waals surface area contributed by atoms with Crippen LogP contribution in [0.3, 0.4) is 0 Å². The first kappa shape index (κ1) is 21.0. The van der Waals surface area contributed by atoms with Gasteiger partial charge >= 0.3 is 13.1 Å². The predicted molar refractivity (Wildman–Crippen MR) is 106 cm³/mol. The molecule has 1 aliphatic rings. The van der Waals surface area contributed by atoms with Crippen molar-refractivity contribution in [2.75, 3.05) is 0 Å². The van der Waals surface area contributed by atoms with Crippen LogP contribution in [0, 0.1) is 18.7 Å². The average molecular weight is 399 g/mol. The second-order valence-corrected chi connectivity index (χ2v) is 7.56. The van der Waals surface area contributed by atoms with Crippen LogP contribution in [-0.2, 0) is 22.6 Å².